The van der Waals surface area contributed by atoms with Crippen molar-refractivity contribution in [1.82, 2.24) is 10.3 Å². The first kappa shape index (κ1) is 15.7. The van der Waals surface area contributed by atoms with Gasteiger partial charge in [-0.05, 0) is 51.1 Å². The molecule has 2 aromatic rings. The minimum Gasteiger partial charge on any atom is -0.444 e. The Morgan fingerprint density at radius 1 is 1.39 bits per heavy atom. The number of methoxy groups -OCH3 is 1. The van der Waals surface area contributed by atoms with Crippen LogP contribution in [0.1, 0.15) is 18.5 Å². The van der Waals surface area contributed by atoms with Gasteiger partial charge in [-0.25, -0.2) is 4.98 Å². The SMILES string of the molecule is COC1(C(=O)Nc2cccc(-c3nc(C)co3)c2)CCNCC1. The fraction of sp³-hybridized carbons (Fsp3) is 0.412. The third-order valence-electron chi connectivity index (χ3n) is 4.20. The van der Waals surface area contributed by atoms with Gasteiger partial charge in [0.15, 0.2) is 0 Å². The van der Waals surface area contributed by atoms with Gasteiger partial charge in [-0.3, -0.25) is 4.79 Å². The van der Waals surface area contributed by atoms with Gasteiger partial charge in [0.05, 0.1) is 5.69 Å². The third-order valence-corrected chi connectivity index (χ3v) is 4.20. The molecule has 1 fully saturated rings. The van der Waals surface area contributed by atoms with Gasteiger partial charge >= 0.3 is 0 Å². The van der Waals surface area contributed by atoms with E-state index in [4.69, 9.17) is 9.15 Å². The van der Waals surface area contributed by atoms with E-state index in [0.29, 0.717) is 24.4 Å². The highest BCUT2D eigenvalue weighted by molar-refractivity contribution is 5.97. The molecule has 1 amide bonds. The number of aryl methyl sites for hydroxylation is 1. The Labute approximate surface area is 135 Å². The number of oxazole rings is 1. The lowest BCUT2D eigenvalue weighted by Gasteiger charge is -2.34. The number of aromatic nitrogens is 1. The third kappa shape index (κ3) is 3.28. The normalized spacial score (nSPS) is 17.0. The number of nitrogens with one attached hydrogen (secondary N) is 2. The van der Waals surface area contributed by atoms with Gasteiger partial charge in [-0.15, -0.1) is 0 Å². The summed E-state index contributed by atoms with van der Waals surface area (Å²) in [6.45, 7) is 3.42. The van der Waals surface area contributed by atoms with E-state index >= 15 is 0 Å². The first-order valence-electron chi connectivity index (χ1n) is 7.73. The van der Waals surface area contributed by atoms with Crippen molar-refractivity contribution in [3.05, 3.63) is 36.2 Å². The number of benzene rings is 1. The number of amides is 1. The molecule has 2 N–H and O–H groups in total. The molecule has 0 saturated carbocycles. The van der Waals surface area contributed by atoms with Crippen LogP contribution in [-0.4, -0.2) is 36.7 Å². The van der Waals surface area contributed by atoms with Gasteiger partial charge in [0.25, 0.3) is 5.91 Å². The van der Waals surface area contributed by atoms with Crippen LogP contribution in [0.5, 0.6) is 0 Å². The number of nitrogens with zero attached hydrogens (tertiary/aromatic N) is 1. The van der Waals surface area contributed by atoms with Gasteiger partial charge in [0.1, 0.15) is 11.9 Å². The zero-order valence-electron chi connectivity index (χ0n) is 13.4. The van der Waals surface area contributed by atoms with Crippen LogP contribution in [0, 0.1) is 6.92 Å². The van der Waals surface area contributed by atoms with Crippen LogP contribution in [0.4, 0.5) is 5.69 Å². The summed E-state index contributed by atoms with van der Waals surface area (Å²) in [6, 6.07) is 7.47. The van der Waals surface area contributed by atoms with Crippen molar-refractivity contribution in [2.75, 3.05) is 25.5 Å². The molecule has 0 radical (unpaired) electrons. The van der Waals surface area contributed by atoms with E-state index in [1.807, 2.05) is 31.2 Å². The molecule has 0 spiro atoms. The second-order valence-corrected chi connectivity index (χ2v) is 5.78. The van der Waals surface area contributed by atoms with Crippen molar-refractivity contribution in [2.24, 2.45) is 0 Å². The molecule has 6 nitrogen and oxygen atoms in total. The highest BCUT2D eigenvalue weighted by Gasteiger charge is 2.39. The maximum Gasteiger partial charge on any atom is 0.256 e. The summed E-state index contributed by atoms with van der Waals surface area (Å²) in [5, 5.41) is 6.20. The smallest absolute Gasteiger partial charge is 0.256 e. The Kier molecular flexibility index (Phi) is 4.45. The van der Waals surface area contributed by atoms with Crippen molar-refractivity contribution in [3.8, 4) is 11.5 Å². The largest absolute Gasteiger partial charge is 0.444 e. The summed E-state index contributed by atoms with van der Waals surface area (Å²) in [6.07, 6.45) is 2.93. The van der Waals surface area contributed by atoms with E-state index in [1.165, 1.54) is 0 Å². The lowest BCUT2D eigenvalue weighted by Crippen LogP contribution is -2.51. The van der Waals surface area contributed by atoms with Crippen LogP contribution in [0.2, 0.25) is 0 Å². The maximum absolute atomic E-state index is 12.7. The molecule has 122 valence electrons. The average molecular weight is 315 g/mol. The summed E-state index contributed by atoms with van der Waals surface area (Å²) >= 11 is 0. The van der Waals surface area contributed by atoms with Crippen LogP contribution in [0.3, 0.4) is 0 Å². The van der Waals surface area contributed by atoms with Gasteiger partial charge in [0.2, 0.25) is 5.89 Å². The minimum atomic E-state index is -0.763. The van der Waals surface area contributed by atoms with Crippen LogP contribution < -0.4 is 10.6 Å². The minimum absolute atomic E-state index is 0.109. The molecule has 6 heteroatoms. The summed E-state index contributed by atoms with van der Waals surface area (Å²) in [5.74, 6) is 0.434. The molecule has 1 saturated heterocycles. The first-order valence-corrected chi connectivity index (χ1v) is 7.73. The van der Waals surface area contributed by atoms with E-state index in [1.54, 1.807) is 13.4 Å². The maximum atomic E-state index is 12.7. The van der Waals surface area contributed by atoms with Crippen molar-refractivity contribution < 1.29 is 13.9 Å². The van der Waals surface area contributed by atoms with E-state index in [-0.39, 0.29) is 5.91 Å². The number of hydrogen-bond donors (Lipinski definition) is 2. The van der Waals surface area contributed by atoms with Crippen LogP contribution in [-0.2, 0) is 9.53 Å². The Morgan fingerprint density at radius 3 is 2.83 bits per heavy atom. The second kappa shape index (κ2) is 6.52. The predicted molar refractivity (Wildman–Crippen MR) is 87.1 cm³/mol. The molecule has 1 aliphatic heterocycles. The highest BCUT2D eigenvalue weighted by Crippen LogP contribution is 2.26. The molecule has 0 aliphatic carbocycles. The summed E-state index contributed by atoms with van der Waals surface area (Å²) in [7, 11) is 1.59. The van der Waals surface area contributed by atoms with E-state index in [0.717, 1.165) is 24.3 Å². The van der Waals surface area contributed by atoms with Gasteiger partial charge in [-0.1, -0.05) is 6.07 Å². The number of rotatable bonds is 4. The topological polar surface area (TPSA) is 76.4 Å². The lowest BCUT2D eigenvalue weighted by atomic mass is 9.91. The highest BCUT2D eigenvalue weighted by atomic mass is 16.5. The van der Waals surface area contributed by atoms with Gasteiger partial charge in [-0.2, -0.15) is 0 Å². The summed E-state index contributed by atoms with van der Waals surface area (Å²) < 4.78 is 11.0. The zero-order valence-corrected chi connectivity index (χ0v) is 13.4. The van der Waals surface area contributed by atoms with E-state index < -0.39 is 5.60 Å². The fourth-order valence-electron chi connectivity index (χ4n) is 2.82. The molecule has 0 bridgehead atoms. The molecule has 23 heavy (non-hydrogen) atoms. The molecule has 0 atom stereocenters. The zero-order chi connectivity index (χ0) is 16.3. The fourth-order valence-corrected chi connectivity index (χ4v) is 2.82. The van der Waals surface area contributed by atoms with Crippen molar-refractivity contribution in [3.63, 3.8) is 0 Å². The Bertz CT molecular complexity index is 690. The van der Waals surface area contributed by atoms with E-state index in [9.17, 15) is 4.79 Å². The molecule has 1 aromatic heterocycles. The summed E-state index contributed by atoms with van der Waals surface area (Å²) in [4.78, 5) is 17.0. The van der Waals surface area contributed by atoms with Crippen LogP contribution in [0.15, 0.2) is 34.9 Å². The van der Waals surface area contributed by atoms with Gasteiger partial charge < -0.3 is 19.8 Å². The molecular weight excluding hydrogens is 294 g/mol. The number of anilines is 1. The van der Waals surface area contributed by atoms with Crippen LogP contribution in [0.25, 0.3) is 11.5 Å². The monoisotopic (exact) mass is 315 g/mol. The Morgan fingerprint density at radius 2 is 2.17 bits per heavy atom. The average Bonchev–Trinajstić information content (AvgIpc) is 3.02. The quantitative estimate of drug-likeness (QED) is 0.906. The van der Waals surface area contributed by atoms with Gasteiger partial charge in [0, 0.05) is 18.4 Å². The lowest BCUT2D eigenvalue weighted by molar-refractivity contribution is -0.140. The first-order chi connectivity index (χ1) is 11.1. The molecule has 0 unspecified atom stereocenters. The number of carbonyl (C=O) groups excluding carboxylic acids is 1. The number of ether oxygens (including phenoxy) is 1. The number of piperidine rings is 1. The molecular formula is C17H21N3O3. The second-order valence-electron chi connectivity index (χ2n) is 5.78. The number of hydrogen-bond acceptors (Lipinski definition) is 5. The van der Waals surface area contributed by atoms with Crippen molar-refractivity contribution >= 4 is 11.6 Å². The van der Waals surface area contributed by atoms with E-state index in [2.05, 4.69) is 15.6 Å². The van der Waals surface area contributed by atoms with Crippen molar-refractivity contribution in [1.29, 1.82) is 0 Å². The Balaban J connectivity index is 1.78. The predicted octanol–water partition coefficient (Wildman–Crippen LogP) is 2.36. The summed E-state index contributed by atoms with van der Waals surface area (Å²) in [5.41, 5.74) is 1.59. The molecule has 3 rings (SSSR count). The number of carbonyl (C=O) groups is 1. The molecule has 1 aliphatic rings. The molecule has 1 aromatic carbocycles. The van der Waals surface area contributed by atoms with Crippen LogP contribution >= 0.6 is 0 Å². The Hall–Kier alpha value is -2.18. The van der Waals surface area contributed by atoms with Crippen molar-refractivity contribution in [2.45, 2.75) is 25.4 Å². The standard InChI is InChI=1S/C17H21N3O3/c1-12-11-23-15(19-12)13-4-3-5-14(10-13)20-16(21)17(22-2)6-8-18-9-7-17/h3-5,10-11,18H,6-9H2,1-2H3,(H,20,21). The molecule has 2 heterocycles.